The fourth-order valence-electron chi connectivity index (χ4n) is 5.78. The number of pyridine rings is 1. The molecule has 0 unspecified atom stereocenters. The second-order valence-electron chi connectivity index (χ2n) is 10.7. The lowest BCUT2D eigenvalue weighted by molar-refractivity contribution is -0.192. The summed E-state index contributed by atoms with van der Waals surface area (Å²) in [5.41, 5.74) is 1.89. The number of rotatable bonds is 3. The lowest BCUT2D eigenvalue weighted by Crippen LogP contribution is -2.57. The van der Waals surface area contributed by atoms with Crippen molar-refractivity contribution in [3.05, 3.63) is 64.7 Å². The number of phenolic OH excluding ortho intramolecular Hbond substituents is 1. The van der Waals surface area contributed by atoms with Gasteiger partial charge in [-0.25, -0.2) is 14.2 Å². The number of piperazine rings is 1. The SMILES string of the molecule is C=CC(=O)N1CCN2C(=O)c3c(N4Cc5cnn(C)c5[C@H]4C)nc(-c4c(O)cccc4F)c(Cl)c3OC[C@H]2C1.O=C(O)C(F)(F)F. The van der Waals surface area contributed by atoms with Gasteiger partial charge in [0.25, 0.3) is 5.91 Å². The molecule has 0 radical (unpaired) electrons. The number of anilines is 1. The first-order chi connectivity index (χ1) is 21.6. The van der Waals surface area contributed by atoms with Crippen molar-refractivity contribution in [1.29, 1.82) is 0 Å². The first-order valence-corrected chi connectivity index (χ1v) is 14.2. The molecule has 46 heavy (non-hydrogen) atoms. The van der Waals surface area contributed by atoms with Gasteiger partial charge in [-0.05, 0) is 25.1 Å². The molecule has 2 aromatic heterocycles. The normalized spacial score (nSPS) is 18.8. The van der Waals surface area contributed by atoms with Gasteiger partial charge in [-0.1, -0.05) is 24.2 Å². The summed E-state index contributed by atoms with van der Waals surface area (Å²) in [5, 5.41) is 22.0. The molecule has 6 rings (SSSR count). The molecule has 0 bridgehead atoms. The van der Waals surface area contributed by atoms with Crippen molar-refractivity contribution < 1.29 is 46.9 Å². The monoisotopic (exact) mass is 666 g/mol. The van der Waals surface area contributed by atoms with Gasteiger partial charge in [0.1, 0.15) is 40.3 Å². The molecule has 17 heteroatoms. The third kappa shape index (κ3) is 5.68. The Labute approximate surface area is 264 Å². The van der Waals surface area contributed by atoms with Crippen LogP contribution in [0.2, 0.25) is 5.02 Å². The molecular formula is C29H27ClF4N6O6. The van der Waals surface area contributed by atoms with Crippen LogP contribution in [0.1, 0.15) is 34.6 Å². The highest BCUT2D eigenvalue weighted by Gasteiger charge is 2.43. The summed E-state index contributed by atoms with van der Waals surface area (Å²) in [5.74, 6) is -4.03. The van der Waals surface area contributed by atoms with E-state index in [1.54, 1.807) is 20.7 Å². The number of aromatic nitrogens is 3. The quantitative estimate of drug-likeness (QED) is 0.314. The predicted molar refractivity (Wildman–Crippen MR) is 155 cm³/mol. The van der Waals surface area contributed by atoms with Crippen LogP contribution < -0.4 is 9.64 Å². The van der Waals surface area contributed by atoms with Crippen LogP contribution in [0.4, 0.5) is 23.4 Å². The second-order valence-corrected chi connectivity index (χ2v) is 11.1. The Balaban J connectivity index is 0.000000537. The first-order valence-electron chi connectivity index (χ1n) is 13.8. The van der Waals surface area contributed by atoms with Gasteiger partial charge in [0.2, 0.25) is 5.91 Å². The van der Waals surface area contributed by atoms with E-state index in [0.29, 0.717) is 19.6 Å². The van der Waals surface area contributed by atoms with Crippen molar-refractivity contribution in [3.8, 4) is 22.8 Å². The van der Waals surface area contributed by atoms with Crippen molar-refractivity contribution in [2.45, 2.75) is 31.7 Å². The molecule has 1 saturated heterocycles. The predicted octanol–water partition coefficient (Wildman–Crippen LogP) is 3.93. The van der Waals surface area contributed by atoms with E-state index in [4.69, 9.17) is 31.2 Å². The number of hydrogen-bond donors (Lipinski definition) is 2. The highest BCUT2D eigenvalue weighted by atomic mass is 35.5. The number of aliphatic carboxylic acids is 1. The Morgan fingerprint density at radius 2 is 1.89 bits per heavy atom. The number of carbonyl (C=O) groups excluding carboxylic acids is 2. The highest BCUT2D eigenvalue weighted by Crippen LogP contribution is 2.48. The largest absolute Gasteiger partial charge is 0.507 e. The number of aryl methyl sites for hydroxylation is 1. The van der Waals surface area contributed by atoms with Crippen LogP contribution in [0.5, 0.6) is 11.5 Å². The van der Waals surface area contributed by atoms with Gasteiger partial charge in [-0.3, -0.25) is 14.3 Å². The van der Waals surface area contributed by atoms with Crippen LogP contribution in [-0.4, -0.2) is 91.0 Å². The second kappa shape index (κ2) is 12.2. The van der Waals surface area contributed by atoms with Crippen LogP contribution in [0, 0.1) is 5.82 Å². The van der Waals surface area contributed by atoms with E-state index in [0.717, 1.165) is 11.3 Å². The maximum absolute atomic E-state index is 15.1. The molecule has 3 aliphatic heterocycles. The van der Waals surface area contributed by atoms with Gasteiger partial charge in [-0.2, -0.15) is 18.3 Å². The molecule has 0 aliphatic carbocycles. The Bertz CT molecular complexity index is 1730. The van der Waals surface area contributed by atoms with Crippen LogP contribution >= 0.6 is 11.6 Å². The molecule has 2 atom stereocenters. The average Bonchev–Trinajstić information content (AvgIpc) is 3.49. The molecule has 2 N–H and O–H groups in total. The molecule has 1 aromatic carbocycles. The van der Waals surface area contributed by atoms with Gasteiger partial charge >= 0.3 is 12.1 Å². The number of phenols is 1. The third-order valence-corrected chi connectivity index (χ3v) is 8.30. The number of fused-ring (bicyclic) bond motifs is 3. The van der Waals surface area contributed by atoms with Gasteiger partial charge in [0, 0.05) is 38.8 Å². The molecule has 5 heterocycles. The fourth-order valence-corrected chi connectivity index (χ4v) is 6.06. The maximum Gasteiger partial charge on any atom is 0.490 e. The van der Waals surface area contributed by atoms with Crippen LogP contribution in [-0.2, 0) is 23.2 Å². The van der Waals surface area contributed by atoms with E-state index in [1.807, 2.05) is 18.9 Å². The minimum Gasteiger partial charge on any atom is -0.507 e. The zero-order chi connectivity index (χ0) is 33.7. The third-order valence-electron chi connectivity index (χ3n) is 7.95. The highest BCUT2D eigenvalue weighted by molar-refractivity contribution is 6.35. The molecule has 12 nitrogen and oxygen atoms in total. The van der Waals surface area contributed by atoms with Crippen LogP contribution in [0.15, 0.2) is 37.1 Å². The van der Waals surface area contributed by atoms with Crippen molar-refractivity contribution in [2.24, 2.45) is 7.05 Å². The minimum absolute atomic E-state index is 0.0292. The number of carbonyl (C=O) groups is 3. The summed E-state index contributed by atoms with van der Waals surface area (Å²) in [7, 11) is 1.85. The minimum atomic E-state index is -5.08. The van der Waals surface area contributed by atoms with Crippen LogP contribution in [0.25, 0.3) is 11.3 Å². The number of halogens is 5. The average molecular weight is 667 g/mol. The van der Waals surface area contributed by atoms with E-state index in [1.165, 1.54) is 24.3 Å². The lowest BCUT2D eigenvalue weighted by atomic mass is 10.0. The van der Waals surface area contributed by atoms with E-state index in [9.17, 15) is 27.9 Å². The molecule has 244 valence electrons. The van der Waals surface area contributed by atoms with E-state index < -0.39 is 24.0 Å². The van der Waals surface area contributed by atoms with Crippen molar-refractivity contribution >= 4 is 35.2 Å². The summed E-state index contributed by atoms with van der Waals surface area (Å²) in [6.07, 6.45) is -2.06. The molecular weight excluding hydrogens is 640 g/mol. The Kier molecular flexibility index (Phi) is 8.59. The van der Waals surface area contributed by atoms with E-state index in [-0.39, 0.29) is 70.2 Å². The number of amides is 2. The Morgan fingerprint density at radius 3 is 2.50 bits per heavy atom. The standard InChI is InChI=1S/C27H26ClFN6O4.C2HF3O2/c1-4-19(37)33-8-9-34-16(12-33)13-39-25-21(27(34)38)26(35-11-15-10-30-32(3)24(15)14(35)2)31-23(22(25)28)20-17(29)6-5-7-18(20)36;3-2(4,5)1(6)7/h4-7,10,14,16,36H,1,8-9,11-13H2,2-3H3;(H,6,7)/t14-,16-;/m1./s1. The topological polar surface area (TPSA) is 141 Å². The zero-order valence-corrected chi connectivity index (χ0v) is 25.1. The maximum atomic E-state index is 15.1. The van der Waals surface area contributed by atoms with E-state index in [2.05, 4.69) is 11.7 Å². The van der Waals surface area contributed by atoms with E-state index >= 15 is 4.39 Å². The molecule has 2 amide bonds. The number of benzene rings is 1. The first kappa shape index (κ1) is 32.5. The van der Waals surface area contributed by atoms with Gasteiger partial charge < -0.3 is 29.6 Å². The molecule has 1 fully saturated rings. The number of nitrogens with zero attached hydrogens (tertiary/aromatic N) is 6. The summed E-state index contributed by atoms with van der Waals surface area (Å²) in [6.45, 7) is 6.90. The summed E-state index contributed by atoms with van der Waals surface area (Å²) < 4.78 is 54.8. The fraction of sp³-hybridized carbons (Fsp3) is 0.345. The lowest BCUT2D eigenvalue weighted by Gasteiger charge is -2.39. The number of carboxylic acid groups (broad SMARTS) is 1. The number of ether oxygens (including phenoxy) is 1. The number of aromatic hydroxyl groups is 1. The summed E-state index contributed by atoms with van der Waals surface area (Å²) >= 11 is 6.80. The van der Waals surface area contributed by atoms with Crippen molar-refractivity contribution in [3.63, 3.8) is 0 Å². The zero-order valence-electron chi connectivity index (χ0n) is 24.4. The summed E-state index contributed by atoms with van der Waals surface area (Å²) in [6, 6.07) is 3.28. The number of alkyl halides is 3. The van der Waals surface area contributed by atoms with Crippen molar-refractivity contribution in [2.75, 3.05) is 31.1 Å². The Morgan fingerprint density at radius 1 is 1.20 bits per heavy atom. The molecule has 0 saturated carbocycles. The van der Waals surface area contributed by atoms with Gasteiger partial charge in [0.05, 0.1) is 29.5 Å². The molecule has 0 spiro atoms. The summed E-state index contributed by atoms with van der Waals surface area (Å²) in [4.78, 5) is 45.3. The Hall–Kier alpha value is -4.86. The van der Waals surface area contributed by atoms with Crippen molar-refractivity contribution in [1.82, 2.24) is 24.6 Å². The molecule has 3 aromatic rings. The number of carboxylic acids is 1. The van der Waals surface area contributed by atoms with Gasteiger partial charge in [0.15, 0.2) is 5.75 Å². The van der Waals surface area contributed by atoms with Crippen LogP contribution in [0.3, 0.4) is 0 Å². The molecule has 3 aliphatic rings. The number of hydrogen-bond acceptors (Lipinski definition) is 8. The van der Waals surface area contributed by atoms with Gasteiger partial charge in [-0.15, -0.1) is 0 Å². The smallest absolute Gasteiger partial charge is 0.490 e.